The molecule has 4 aromatic rings. The second kappa shape index (κ2) is 9.92. The number of aliphatic hydroxyl groups is 1. The number of morpholine rings is 1. The molecule has 4 aromatic heterocycles. The molecule has 12 nitrogen and oxygen atoms in total. The summed E-state index contributed by atoms with van der Waals surface area (Å²) in [5.41, 5.74) is 7.70. The summed E-state index contributed by atoms with van der Waals surface area (Å²) in [6.45, 7) is 4.13. The number of pyridine rings is 2. The van der Waals surface area contributed by atoms with Gasteiger partial charge in [0.05, 0.1) is 29.7 Å². The quantitative estimate of drug-likeness (QED) is 0.354. The Bertz CT molecular complexity index is 1430. The summed E-state index contributed by atoms with van der Waals surface area (Å²) in [6, 6.07) is 5.25. The van der Waals surface area contributed by atoms with Crippen LogP contribution in [0.4, 0.5) is 22.5 Å². The third-order valence-corrected chi connectivity index (χ3v) is 7.46. The van der Waals surface area contributed by atoms with Gasteiger partial charge < -0.3 is 35.1 Å². The standard InChI is InChI=1S/C24H26N8O4S/c25-19-11-14(1-4-26-19)23-28-17(13-36-23)22(34)27-16-12-18-20(29-21(16)31-5-2-15(33)3-6-31)30-24(37-18)32-7-9-35-10-8-32/h1,4,11-13,15,33H,2-3,5-10H2,(H2,25,26)(H,27,34). The molecule has 0 spiro atoms. The summed E-state index contributed by atoms with van der Waals surface area (Å²) >= 11 is 1.53. The second-order valence-corrected chi connectivity index (χ2v) is 9.97. The van der Waals surface area contributed by atoms with Crippen molar-refractivity contribution < 1.29 is 19.1 Å². The average Bonchev–Trinajstić information content (AvgIpc) is 3.57. The number of fused-ring (bicyclic) bond motifs is 1. The van der Waals surface area contributed by atoms with E-state index < -0.39 is 5.91 Å². The number of hydrogen-bond donors (Lipinski definition) is 3. The minimum Gasteiger partial charge on any atom is -0.444 e. The minimum atomic E-state index is -0.422. The molecule has 0 unspecified atom stereocenters. The number of ether oxygens (including phenoxy) is 1. The molecular weight excluding hydrogens is 496 g/mol. The van der Waals surface area contributed by atoms with Crippen LogP contribution in [0.1, 0.15) is 23.3 Å². The van der Waals surface area contributed by atoms with Crippen LogP contribution in [0, 0.1) is 0 Å². The topological polar surface area (TPSA) is 156 Å². The molecule has 6 heterocycles. The maximum Gasteiger partial charge on any atom is 0.277 e. The number of nitrogen functional groups attached to an aromatic ring is 1. The van der Waals surface area contributed by atoms with Gasteiger partial charge in [-0.1, -0.05) is 11.3 Å². The van der Waals surface area contributed by atoms with Gasteiger partial charge >= 0.3 is 0 Å². The Hall–Kier alpha value is -3.81. The van der Waals surface area contributed by atoms with Crippen LogP contribution >= 0.6 is 11.3 Å². The maximum absolute atomic E-state index is 13.2. The van der Waals surface area contributed by atoms with Crippen molar-refractivity contribution in [2.24, 2.45) is 0 Å². The Morgan fingerprint density at radius 1 is 1.11 bits per heavy atom. The van der Waals surface area contributed by atoms with Crippen LogP contribution in [0.15, 0.2) is 35.1 Å². The Morgan fingerprint density at radius 2 is 1.92 bits per heavy atom. The molecule has 13 heteroatoms. The zero-order chi connectivity index (χ0) is 25.4. The molecule has 0 aliphatic carbocycles. The fourth-order valence-corrected chi connectivity index (χ4v) is 5.42. The van der Waals surface area contributed by atoms with Gasteiger partial charge in [-0.25, -0.2) is 15.0 Å². The normalized spacial score (nSPS) is 16.9. The second-order valence-electron chi connectivity index (χ2n) is 8.96. The lowest BCUT2D eigenvalue weighted by Gasteiger charge is -2.31. The predicted octanol–water partition coefficient (Wildman–Crippen LogP) is 2.37. The number of nitrogens with one attached hydrogen (secondary N) is 1. The van der Waals surface area contributed by atoms with Gasteiger partial charge in [0.2, 0.25) is 5.89 Å². The number of carbonyl (C=O) groups is 1. The number of nitrogens with two attached hydrogens (primary N) is 1. The maximum atomic E-state index is 13.2. The molecule has 37 heavy (non-hydrogen) atoms. The third kappa shape index (κ3) is 4.92. The van der Waals surface area contributed by atoms with Crippen LogP contribution < -0.4 is 20.9 Å². The molecule has 2 aliphatic heterocycles. The first-order valence-corrected chi connectivity index (χ1v) is 12.9. The van der Waals surface area contributed by atoms with Crippen molar-refractivity contribution in [1.82, 2.24) is 19.9 Å². The monoisotopic (exact) mass is 522 g/mol. The van der Waals surface area contributed by atoms with Gasteiger partial charge in [-0.05, 0) is 31.0 Å². The molecule has 0 aromatic carbocycles. The molecule has 0 saturated carbocycles. The van der Waals surface area contributed by atoms with Crippen LogP contribution in [-0.4, -0.2) is 76.4 Å². The molecule has 6 rings (SSSR count). The van der Waals surface area contributed by atoms with Gasteiger partial charge in [-0.2, -0.15) is 4.98 Å². The number of rotatable bonds is 5. The number of piperidine rings is 1. The highest BCUT2D eigenvalue weighted by atomic mass is 32.1. The SMILES string of the molecule is Nc1cc(-c2nc(C(=O)Nc3cc4sc(N5CCOCC5)nc4nc3N3CCC(O)CC3)co2)ccn1. The highest BCUT2D eigenvalue weighted by Gasteiger charge is 2.25. The first-order valence-electron chi connectivity index (χ1n) is 12.1. The molecule has 2 aliphatic rings. The van der Waals surface area contributed by atoms with Gasteiger partial charge in [0.15, 0.2) is 22.3 Å². The van der Waals surface area contributed by atoms with Crippen LogP contribution in [0.25, 0.3) is 21.8 Å². The van der Waals surface area contributed by atoms with E-state index in [1.165, 1.54) is 17.6 Å². The van der Waals surface area contributed by atoms with Crippen molar-refractivity contribution in [1.29, 1.82) is 0 Å². The summed E-state index contributed by atoms with van der Waals surface area (Å²) in [6.07, 6.45) is 3.79. The van der Waals surface area contributed by atoms with Crippen LogP contribution in [0.5, 0.6) is 0 Å². The lowest BCUT2D eigenvalue weighted by Crippen LogP contribution is -2.37. The largest absolute Gasteiger partial charge is 0.444 e. The number of aromatic nitrogens is 4. The molecule has 0 atom stereocenters. The van der Waals surface area contributed by atoms with Crippen molar-refractivity contribution in [2.45, 2.75) is 18.9 Å². The Kier molecular flexibility index (Phi) is 6.32. The van der Waals surface area contributed by atoms with E-state index in [9.17, 15) is 9.90 Å². The number of thiazole rings is 1. The summed E-state index contributed by atoms with van der Waals surface area (Å²) in [5.74, 6) is 0.806. The van der Waals surface area contributed by atoms with Crippen molar-refractivity contribution >= 4 is 50.0 Å². The number of anilines is 4. The van der Waals surface area contributed by atoms with E-state index in [-0.39, 0.29) is 17.7 Å². The van der Waals surface area contributed by atoms with Crippen molar-refractivity contribution in [2.75, 3.05) is 60.2 Å². The first kappa shape index (κ1) is 23.6. The summed E-state index contributed by atoms with van der Waals surface area (Å²) in [4.78, 5) is 35.4. The highest BCUT2D eigenvalue weighted by Crippen LogP contribution is 2.36. The lowest BCUT2D eigenvalue weighted by molar-refractivity contribution is 0.102. The van der Waals surface area contributed by atoms with Gasteiger partial charge in [0.25, 0.3) is 5.91 Å². The van der Waals surface area contributed by atoms with Gasteiger partial charge in [0.1, 0.15) is 12.1 Å². The summed E-state index contributed by atoms with van der Waals surface area (Å²) in [5, 5.41) is 13.9. The fourth-order valence-electron chi connectivity index (χ4n) is 4.42. The van der Waals surface area contributed by atoms with E-state index >= 15 is 0 Å². The number of amides is 1. The van der Waals surface area contributed by atoms with Gasteiger partial charge in [0, 0.05) is 37.9 Å². The molecule has 1 amide bonds. The van der Waals surface area contributed by atoms with Crippen molar-refractivity contribution in [3.8, 4) is 11.5 Å². The number of nitrogens with zero attached hydrogens (tertiary/aromatic N) is 6. The molecule has 2 saturated heterocycles. The summed E-state index contributed by atoms with van der Waals surface area (Å²) < 4.78 is 11.9. The zero-order valence-corrected chi connectivity index (χ0v) is 20.8. The predicted molar refractivity (Wildman–Crippen MR) is 140 cm³/mol. The molecule has 192 valence electrons. The lowest BCUT2D eigenvalue weighted by atomic mass is 10.1. The smallest absolute Gasteiger partial charge is 0.277 e. The molecule has 4 N–H and O–H groups in total. The van der Waals surface area contributed by atoms with E-state index in [0.717, 1.165) is 22.9 Å². The Morgan fingerprint density at radius 3 is 2.70 bits per heavy atom. The number of hydrogen-bond acceptors (Lipinski definition) is 12. The molecule has 0 bridgehead atoms. The zero-order valence-electron chi connectivity index (χ0n) is 20.0. The van der Waals surface area contributed by atoms with Crippen molar-refractivity contribution in [3.05, 3.63) is 36.4 Å². The van der Waals surface area contributed by atoms with Crippen molar-refractivity contribution in [3.63, 3.8) is 0 Å². The third-order valence-electron chi connectivity index (χ3n) is 6.41. The van der Waals surface area contributed by atoms with Crippen LogP contribution in [-0.2, 0) is 4.74 Å². The number of carbonyl (C=O) groups excluding carboxylic acids is 1. The highest BCUT2D eigenvalue weighted by molar-refractivity contribution is 7.22. The summed E-state index contributed by atoms with van der Waals surface area (Å²) in [7, 11) is 0. The van der Waals surface area contributed by atoms with E-state index in [1.54, 1.807) is 18.3 Å². The van der Waals surface area contributed by atoms with Crippen LogP contribution in [0.3, 0.4) is 0 Å². The minimum absolute atomic E-state index is 0.129. The van der Waals surface area contributed by atoms with Gasteiger partial charge in [-0.3, -0.25) is 4.79 Å². The van der Waals surface area contributed by atoms with E-state index in [4.69, 9.17) is 24.9 Å². The van der Waals surface area contributed by atoms with E-state index in [2.05, 4.69) is 25.1 Å². The molecular formula is C24H26N8O4S. The molecule has 2 fully saturated rings. The number of aliphatic hydroxyl groups excluding tert-OH is 1. The van der Waals surface area contributed by atoms with E-state index in [0.29, 0.717) is 67.7 Å². The van der Waals surface area contributed by atoms with Crippen LogP contribution in [0.2, 0.25) is 0 Å². The Labute approximate surface area is 216 Å². The Balaban J connectivity index is 1.31. The average molecular weight is 523 g/mol. The van der Waals surface area contributed by atoms with E-state index in [1.807, 2.05) is 6.07 Å². The van der Waals surface area contributed by atoms with Gasteiger partial charge in [-0.15, -0.1) is 0 Å². The molecule has 0 radical (unpaired) electrons. The number of oxazole rings is 1. The first-order chi connectivity index (χ1) is 18.0. The fraction of sp³-hybridized carbons (Fsp3) is 0.375.